The SMILES string of the molecule is Cc1cc(NC(=O)[C@H]2CC[C@H](O)CC2)nn1Cc1cc(Cl)cc2cc(C(C)C)oc12. The van der Waals surface area contributed by atoms with Crippen molar-refractivity contribution in [3.8, 4) is 0 Å². The van der Waals surface area contributed by atoms with Crippen molar-refractivity contribution in [2.45, 2.75) is 65.0 Å². The number of hydrogen-bond donors (Lipinski definition) is 2. The lowest BCUT2D eigenvalue weighted by Gasteiger charge is -2.24. The first-order chi connectivity index (χ1) is 14.3. The second-order valence-corrected chi connectivity index (χ2v) is 9.05. The van der Waals surface area contributed by atoms with Gasteiger partial charge in [0.15, 0.2) is 5.82 Å². The Morgan fingerprint density at radius 1 is 1.27 bits per heavy atom. The first-order valence-electron chi connectivity index (χ1n) is 10.6. The number of aliphatic hydroxyl groups is 1. The van der Waals surface area contributed by atoms with E-state index in [-0.39, 0.29) is 23.8 Å². The lowest BCUT2D eigenvalue weighted by atomic mass is 9.87. The van der Waals surface area contributed by atoms with Crippen molar-refractivity contribution in [1.29, 1.82) is 0 Å². The second kappa shape index (κ2) is 8.44. The molecule has 1 aromatic carbocycles. The number of benzene rings is 1. The van der Waals surface area contributed by atoms with E-state index in [1.54, 1.807) is 0 Å². The summed E-state index contributed by atoms with van der Waals surface area (Å²) in [6.07, 6.45) is 2.51. The van der Waals surface area contributed by atoms with Crippen molar-refractivity contribution in [3.05, 3.63) is 46.3 Å². The third kappa shape index (κ3) is 4.40. The first kappa shape index (κ1) is 20.9. The number of carbonyl (C=O) groups excluding carboxylic acids is 1. The van der Waals surface area contributed by atoms with Crippen molar-refractivity contribution in [1.82, 2.24) is 9.78 Å². The standard InChI is InChI=1S/C23H28ClN3O3/c1-13(2)20-11-16-9-18(24)10-17(22(16)30-20)12-27-14(3)8-21(26-27)25-23(29)15-4-6-19(28)7-5-15/h8-11,13,15,19,28H,4-7,12H2,1-3H3,(H,25,26,29)/t15-,19-. The number of fused-ring (bicyclic) bond motifs is 1. The van der Waals surface area contributed by atoms with Crippen molar-refractivity contribution in [2.24, 2.45) is 5.92 Å². The van der Waals surface area contributed by atoms with Gasteiger partial charge >= 0.3 is 0 Å². The zero-order chi connectivity index (χ0) is 21.4. The molecule has 2 aromatic heterocycles. The number of aromatic nitrogens is 2. The summed E-state index contributed by atoms with van der Waals surface area (Å²) in [5, 5.41) is 18.8. The Hall–Kier alpha value is -2.31. The maximum absolute atomic E-state index is 12.6. The summed E-state index contributed by atoms with van der Waals surface area (Å²) in [5.41, 5.74) is 2.72. The second-order valence-electron chi connectivity index (χ2n) is 8.61. The van der Waals surface area contributed by atoms with Crippen LogP contribution in [0.15, 0.2) is 28.7 Å². The fourth-order valence-corrected chi connectivity index (χ4v) is 4.32. The topological polar surface area (TPSA) is 80.3 Å². The number of carbonyl (C=O) groups is 1. The Labute approximate surface area is 181 Å². The van der Waals surface area contributed by atoms with Gasteiger partial charge in [0.05, 0.1) is 12.6 Å². The quantitative estimate of drug-likeness (QED) is 0.580. The molecular weight excluding hydrogens is 402 g/mol. The molecule has 0 saturated heterocycles. The van der Waals surface area contributed by atoms with Crippen molar-refractivity contribution >= 4 is 34.3 Å². The van der Waals surface area contributed by atoms with E-state index in [1.807, 2.05) is 35.9 Å². The molecular formula is C23H28ClN3O3. The normalized spacial score (nSPS) is 19.5. The number of nitrogens with one attached hydrogen (secondary N) is 1. The predicted molar refractivity (Wildman–Crippen MR) is 118 cm³/mol. The summed E-state index contributed by atoms with van der Waals surface area (Å²) in [7, 11) is 0. The first-order valence-corrected chi connectivity index (χ1v) is 10.9. The van der Waals surface area contributed by atoms with Crippen LogP contribution in [0.2, 0.25) is 5.02 Å². The molecule has 0 bridgehead atoms. The summed E-state index contributed by atoms with van der Waals surface area (Å²) >= 11 is 6.34. The summed E-state index contributed by atoms with van der Waals surface area (Å²) < 4.78 is 7.95. The third-order valence-corrected chi connectivity index (χ3v) is 6.08. The number of amides is 1. The fraction of sp³-hybridized carbons (Fsp3) is 0.478. The summed E-state index contributed by atoms with van der Waals surface area (Å²) in [4.78, 5) is 12.6. The van der Waals surface area contributed by atoms with E-state index < -0.39 is 0 Å². The van der Waals surface area contributed by atoms with Crippen LogP contribution in [0.5, 0.6) is 0 Å². The lowest BCUT2D eigenvalue weighted by Crippen LogP contribution is -2.28. The number of rotatable bonds is 5. The molecule has 7 heteroatoms. The molecule has 6 nitrogen and oxygen atoms in total. The Morgan fingerprint density at radius 2 is 2.00 bits per heavy atom. The smallest absolute Gasteiger partial charge is 0.228 e. The number of furan rings is 1. The molecule has 4 rings (SSSR count). The molecule has 0 atom stereocenters. The molecule has 2 N–H and O–H groups in total. The molecule has 30 heavy (non-hydrogen) atoms. The molecule has 0 spiro atoms. The number of anilines is 1. The molecule has 1 aliphatic rings. The van der Waals surface area contributed by atoms with E-state index >= 15 is 0 Å². The van der Waals surface area contributed by atoms with Gasteiger partial charge in [0.1, 0.15) is 11.3 Å². The van der Waals surface area contributed by atoms with Crippen LogP contribution >= 0.6 is 11.6 Å². The van der Waals surface area contributed by atoms with E-state index in [9.17, 15) is 9.90 Å². The van der Waals surface area contributed by atoms with E-state index in [1.165, 1.54) is 0 Å². The van der Waals surface area contributed by atoms with Crippen LogP contribution in [0.3, 0.4) is 0 Å². The number of halogens is 1. The minimum atomic E-state index is -0.275. The van der Waals surface area contributed by atoms with Crippen molar-refractivity contribution < 1.29 is 14.3 Å². The van der Waals surface area contributed by atoms with Gasteiger partial charge in [-0.2, -0.15) is 5.10 Å². The van der Waals surface area contributed by atoms with Gasteiger partial charge in [0.25, 0.3) is 0 Å². The number of nitrogens with zero attached hydrogens (tertiary/aromatic N) is 2. The molecule has 2 heterocycles. The van der Waals surface area contributed by atoms with Crippen LogP contribution in [0.25, 0.3) is 11.0 Å². The van der Waals surface area contributed by atoms with Gasteiger partial charge in [-0.25, -0.2) is 0 Å². The van der Waals surface area contributed by atoms with Gasteiger partial charge in [-0.05, 0) is 50.8 Å². The number of hydrogen-bond acceptors (Lipinski definition) is 4. The molecule has 1 saturated carbocycles. The average molecular weight is 430 g/mol. The highest BCUT2D eigenvalue weighted by Gasteiger charge is 2.25. The van der Waals surface area contributed by atoms with Crippen LogP contribution < -0.4 is 5.32 Å². The highest BCUT2D eigenvalue weighted by Crippen LogP contribution is 2.31. The minimum absolute atomic E-state index is 0.0238. The Bertz CT molecular complexity index is 1060. The minimum Gasteiger partial charge on any atom is -0.460 e. The highest BCUT2D eigenvalue weighted by atomic mass is 35.5. The van der Waals surface area contributed by atoms with E-state index in [0.29, 0.717) is 43.1 Å². The average Bonchev–Trinajstić information content (AvgIpc) is 3.26. The number of aliphatic hydroxyl groups excluding tert-OH is 1. The largest absolute Gasteiger partial charge is 0.460 e. The predicted octanol–water partition coefficient (Wildman–Crippen LogP) is 5.25. The Kier molecular flexibility index (Phi) is 5.89. The lowest BCUT2D eigenvalue weighted by molar-refractivity contribution is -0.121. The molecule has 0 aliphatic heterocycles. The van der Waals surface area contributed by atoms with Gasteiger partial charge in [0, 0.05) is 39.6 Å². The molecule has 1 aliphatic carbocycles. The van der Waals surface area contributed by atoms with Gasteiger partial charge in [-0.15, -0.1) is 0 Å². The maximum atomic E-state index is 12.6. The molecule has 0 radical (unpaired) electrons. The monoisotopic (exact) mass is 429 g/mol. The molecule has 3 aromatic rings. The van der Waals surface area contributed by atoms with E-state index in [0.717, 1.165) is 28.0 Å². The van der Waals surface area contributed by atoms with Gasteiger partial charge in [-0.3, -0.25) is 9.48 Å². The molecule has 1 fully saturated rings. The molecule has 1 amide bonds. The van der Waals surface area contributed by atoms with Gasteiger partial charge in [-0.1, -0.05) is 25.4 Å². The summed E-state index contributed by atoms with van der Waals surface area (Å²) in [6.45, 7) is 6.65. The van der Waals surface area contributed by atoms with Crippen molar-refractivity contribution in [2.75, 3.05) is 5.32 Å². The zero-order valence-corrected chi connectivity index (χ0v) is 18.4. The highest BCUT2D eigenvalue weighted by molar-refractivity contribution is 6.31. The van der Waals surface area contributed by atoms with Gasteiger partial charge in [0.2, 0.25) is 5.91 Å². The zero-order valence-electron chi connectivity index (χ0n) is 17.6. The summed E-state index contributed by atoms with van der Waals surface area (Å²) in [6, 6.07) is 7.74. The molecule has 0 unspecified atom stereocenters. The Morgan fingerprint density at radius 3 is 2.70 bits per heavy atom. The third-order valence-electron chi connectivity index (χ3n) is 5.87. The van der Waals surface area contributed by atoms with Gasteiger partial charge < -0.3 is 14.8 Å². The van der Waals surface area contributed by atoms with Crippen LogP contribution in [-0.4, -0.2) is 26.9 Å². The van der Waals surface area contributed by atoms with Crippen LogP contribution in [0.4, 0.5) is 5.82 Å². The summed E-state index contributed by atoms with van der Waals surface area (Å²) in [5.74, 6) is 1.67. The van der Waals surface area contributed by atoms with Crippen molar-refractivity contribution in [3.63, 3.8) is 0 Å². The maximum Gasteiger partial charge on any atom is 0.228 e. The van der Waals surface area contributed by atoms with E-state index in [4.69, 9.17) is 16.0 Å². The fourth-order valence-electron chi connectivity index (χ4n) is 4.07. The number of aryl methyl sites for hydroxylation is 1. The van der Waals surface area contributed by atoms with Crippen LogP contribution in [-0.2, 0) is 11.3 Å². The van der Waals surface area contributed by atoms with E-state index in [2.05, 4.69) is 24.3 Å². The van der Waals surface area contributed by atoms with Crippen LogP contribution in [0.1, 0.15) is 62.5 Å². The Balaban J connectivity index is 1.53. The molecule has 160 valence electrons. The van der Waals surface area contributed by atoms with Crippen LogP contribution in [0, 0.1) is 12.8 Å².